The van der Waals surface area contributed by atoms with Crippen molar-refractivity contribution in [1.82, 2.24) is 0 Å². The second kappa shape index (κ2) is 15.0. The van der Waals surface area contributed by atoms with Gasteiger partial charge in [0.15, 0.2) is 0 Å². The Kier molecular flexibility index (Phi) is 15.2. The number of hydrogen-bond donors (Lipinski definition) is 5. The molecule has 0 radical (unpaired) electrons. The van der Waals surface area contributed by atoms with Gasteiger partial charge in [0.05, 0.1) is 0 Å². The molecular formula is C15H24N3NaO10. The van der Waals surface area contributed by atoms with E-state index in [4.69, 9.17) is 27.4 Å². The molecule has 0 saturated carbocycles. The number of carboxylic acids is 2. The van der Waals surface area contributed by atoms with Crippen molar-refractivity contribution < 1.29 is 79.4 Å². The Labute approximate surface area is 189 Å². The number of carboxylic acid groups (broad SMARTS) is 2. The molecule has 0 aliphatic carbocycles. The SMILES string of the molecule is N[C@H](CCC(=O)OC(=O)CC[C@H](N)C(=O)O)C(=O)OC(=O)CC[C@H](N)C(=O)O.[H-].[Na+]. The Hall–Kier alpha value is -1.90. The number of ether oxygens (including phenoxy) is 2. The van der Waals surface area contributed by atoms with Crippen molar-refractivity contribution in [2.75, 3.05) is 0 Å². The van der Waals surface area contributed by atoms with Crippen LogP contribution in [0, 0.1) is 0 Å². The summed E-state index contributed by atoms with van der Waals surface area (Å²) < 4.78 is 8.81. The van der Waals surface area contributed by atoms with Crippen LogP contribution in [0.3, 0.4) is 0 Å². The molecule has 0 spiro atoms. The van der Waals surface area contributed by atoms with E-state index in [0.29, 0.717) is 0 Å². The predicted octanol–water partition coefficient (Wildman–Crippen LogP) is -5.27. The Morgan fingerprint density at radius 3 is 1.31 bits per heavy atom. The van der Waals surface area contributed by atoms with Gasteiger partial charge in [-0.3, -0.25) is 24.0 Å². The van der Waals surface area contributed by atoms with Crippen LogP contribution in [0.2, 0.25) is 0 Å². The van der Waals surface area contributed by atoms with Crippen LogP contribution in [0.25, 0.3) is 0 Å². The van der Waals surface area contributed by atoms with Gasteiger partial charge in [0.25, 0.3) is 0 Å². The number of nitrogens with two attached hydrogens (primary N) is 3. The first kappa shape index (κ1) is 29.3. The molecular weight excluding hydrogens is 405 g/mol. The topological polar surface area (TPSA) is 239 Å². The van der Waals surface area contributed by atoms with Crippen LogP contribution in [0.15, 0.2) is 0 Å². The van der Waals surface area contributed by atoms with Crippen LogP contribution < -0.4 is 46.8 Å². The number of hydrogen-bond acceptors (Lipinski definition) is 11. The maximum atomic E-state index is 11.6. The zero-order valence-electron chi connectivity index (χ0n) is 16.9. The summed E-state index contributed by atoms with van der Waals surface area (Å²) >= 11 is 0. The van der Waals surface area contributed by atoms with Crippen LogP contribution in [0.1, 0.15) is 40.0 Å². The molecule has 160 valence electrons. The first-order valence-electron chi connectivity index (χ1n) is 8.14. The summed E-state index contributed by atoms with van der Waals surface area (Å²) in [4.78, 5) is 66.9. The average Bonchev–Trinajstić information content (AvgIpc) is 2.61. The molecule has 0 heterocycles. The number of esters is 4. The minimum absolute atomic E-state index is 0. The molecule has 3 atom stereocenters. The third kappa shape index (κ3) is 13.8. The molecule has 29 heavy (non-hydrogen) atoms. The van der Waals surface area contributed by atoms with Crippen LogP contribution >= 0.6 is 0 Å². The van der Waals surface area contributed by atoms with E-state index in [2.05, 4.69) is 9.47 Å². The molecule has 0 fully saturated rings. The summed E-state index contributed by atoms with van der Waals surface area (Å²) in [5, 5.41) is 17.1. The van der Waals surface area contributed by atoms with Crippen LogP contribution in [-0.4, -0.2) is 64.2 Å². The fraction of sp³-hybridized carbons (Fsp3) is 0.600. The summed E-state index contributed by atoms with van der Waals surface area (Å²) in [6.45, 7) is 0. The van der Waals surface area contributed by atoms with E-state index in [9.17, 15) is 28.8 Å². The Balaban J connectivity index is -0.00000364. The fourth-order valence-electron chi connectivity index (χ4n) is 1.65. The summed E-state index contributed by atoms with van der Waals surface area (Å²) in [6, 6.07) is -3.91. The van der Waals surface area contributed by atoms with Crippen molar-refractivity contribution in [3.8, 4) is 0 Å². The quantitative estimate of drug-likeness (QED) is 0.111. The van der Waals surface area contributed by atoms with Gasteiger partial charge in [-0.05, 0) is 19.3 Å². The molecule has 0 aromatic carbocycles. The summed E-state index contributed by atoms with van der Waals surface area (Å²) in [5.74, 6) is -6.76. The van der Waals surface area contributed by atoms with Gasteiger partial charge >= 0.3 is 65.4 Å². The second-order valence-electron chi connectivity index (χ2n) is 5.75. The summed E-state index contributed by atoms with van der Waals surface area (Å²) in [7, 11) is 0. The van der Waals surface area contributed by atoms with E-state index < -0.39 is 66.8 Å². The van der Waals surface area contributed by atoms with Crippen molar-refractivity contribution in [3.05, 3.63) is 0 Å². The van der Waals surface area contributed by atoms with Gasteiger partial charge in [0.2, 0.25) is 0 Å². The van der Waals surface area contributed by atoms with Crippen LogP contribution in [-0.2, 0) is 38.2 Å². The van der Waals surface area contributed by atoms with Gasteiger partial charge in [-0.2, -0.15) is 0 Å². The van der Waals surface area contributed by atoms with E-state index in [1.807, 2.05) is 0 Å². The molecule has 0 saturated heterocycles. The Morgan fingerprint density at radius 2 is 0.966 bits per heavy atom. The molecule has 0 amide bonds. The Morgan fingerprint density at radius 1 is 0.655 bits per heavy atom. The van der Waals surface area contributed by atoms with Crippen molar-refractivity contribution in [2.45, 2.75) is 56.7 Å². The maximum absolute atomic E-state index is 11.6. The minimum atomic E-state index is -1.36. The van der Waals surface area contributed by atoms with Crippen molar-refractivity contribution in [1.29, 1.82) is 0 Å². The second-order valence-corrected chi connectivity index (χ2v) is 5.75. The molecule has 13 nitrogen and oxygen atoms in total. The Bertz CT molecular complexity index is 634. The number of aliphatic carboxylic acids is 2. The maximum Gasteiger partial charge on any atom is 1.00 e. The van der Waals surface area contributed by atoms with E-state index in [1.54, 1.807) is 0 Å². The molecule has 0 bridgehead atoms. The molecule has 0 aromatic rings. The molecule has 0 aliphatic rings. The number of carbonyl (C=O) groups excluding carboxylic acids is 4. The van der Waals surface area contributed by atoms with E-state index in [-0.39, 0.29) is 56.7 Å². The zero-order valence-corrected chi connectivity index (χ0v) is 17.9. The normalized spacial score (nSPS) is 13.2. The molecule has 0 aliphatic heterocycles. The summed E-state index contributed by atoms with van der Waals surface area (Å²) in [5.41, 5.74) is 15.9. The third-order valence-electron chi connectivity index (χ3n) is 3.36. The van der Waals surface area contributed by atoms with Gasteiger partial charge < -0.3 is 38.3 Å². The molecule has 8 N–H and O–H groups in total. The van der Waals surface area contributed by atoms with Gasteiger partial charge in [0, 0.05) is 19.3 Å². The predicted molar refractivity (Wildman–Crippen MR) is 90.2 cm³/mol. The monoisotopic (exact) mass is 429 g/mol. The molecule has 14 heteroatoms. The molecule has 0 unspecified atom stereocenters. The van der Waals surface area contributed by atoms with Crippen LogP contribution in [0.4, 0.5) is 0 Å². The van der Waals surface area contributed by atoms with Crippen molar-refractivity contribution in [3.63, 3.8) is 0 Å². The number of rotatable bonds is 12. The smallest absolute Gasteiger partial charge is 1.00 e. The van der Waals surface area contributed by atoms with Gasteiger partial charge in [-0.1, -0.05) is 0 Å². The van der Waals surface area contributed by atoms with E-state index in [0.717, 1.165) is 0 Å². The average molecular weight is 429 g/mol. The molecule has 0 rings (SSSR count). The van der Waals surface area contributed by atoms with Crippen molar-refractivity contribution in [2.24, 2.45) is 17.2 Å². The summed E-state index contributed by atoms with van der Waals surface area (Å²) in [6.07, 6.45) is -1.99. The first-order valence-corrected chi connectivity index (χ1v) is 8.14. The fourth-order valence-corrected chi connectivity index (χ4v) is 1.65. The first-order chi connectivity index (χ1) is 12.9. The van der Waals surface area contributed by atoms with E-state index >= 15 is 0 Å². The van der Waals surface area contributed by atoms with Crippen LogP contribution in [0.5, 0.6) is 0 Å². The number of carbonyl (C=O) groups is 6. The van der Waals surface area contributed by atoms with Gasteiger partial charge in [0.1, 0.15) is 18.1 Å². The van der Waals surface area contributed by atoms with Gasteiger partial charge in [-0.15, -0.1) is 0 Å². The van der Waals surface area contributed by atoms with Crippen molar-refractivity contribution >= 4 is 35.8 Å². The molecule has 0 aromatic heterocycles. The largest absolute Gasteiger partial charge is 1.00 e. The van der Waals surface area contributed by atoms with E-state index in [1.165, 1.54) is 0 Å². The standard InChI is InChI=1S/C15H23N3O10.Na.H/c16-7(13(22)23)1-4-10(19)27-11(20)6-3-9(18)15(26)28-12(21)5-2-8(17)14(24)25;;/h7-9H,1-6,16-18H2,(H,22,23)(H,24,25);;/q;+1;-1/t7-,8-,9+;;/m0../s1. The zero-order chi connectivity index (χ0) is 21.9. The third-order valence-corrected chi connectivity index (χ3v) is 3.36. The van der Waals surface area contributed by atoms with Gasteiger partial charge in [-0.25, -0.2) is 4.79 Å². The minimum Gasteiger partial charge on any atom is -1.00 e.